The number of amides is 2. The average Bonchev–Trinajstić information content (AvgIpc) is 2.82. The highest BCUT2D eigenvalue weighted by atomic mass is 32.1. The summed E-state index contributed by atoms with van der Waals surface area (Å²) in [6.45, 7) is 7.91. The lowest BCUT2D eigenvalue weighted by molar-refractivity contribution is 0.0209. The molecular formula is C11H19N5O2S. The van der Waals surface area contributed by atoms with Gasteiger partial charge in [-0.05, 0) is 13.8 Å². The Balaban J connectivity index is 1.70. The Labute approximate surface area is 116 Å². The molecule has 8 heteroatoms. The molecule has 106 valence electrons. The molecule has 1 aliphatic heterocycles. The highest BCUT2D eigenvalue weighted by Crippen LogP contribution is 2.13. The molecule has 0 saturated carbocycles. The van der Waals surface area contributed by atoms with Crippen molar-refractivity contribution in [1.82, 2.24) is 20.4 Å². The first-order valence-electron chi connectivity index (χ1n) is 6.32. The molecule has 0 bridgehead atoms. The largest absolute Gasteiger partial charge is 0.379 e. The molecule has 7 nitrogen and oxygen atoms in total. The normalized spacial score (nSPS) is 18.0. The van der Waals surface area contributed by atoms with Crippen LogP contribution in [0.1, 0.15) is 11.9 Å². The van der Waals surface area contributed by atoms with Crippen molar-refractivity contribution in [2.75, 3.05) is 38.2 Å². The second-order valence-corrected chi connectivity index (χ2v) is 5.64. The zero-order valence-electron chi connectivity index (χ0n) is 11.2. The van der Waals surface area contributed by atoms with E-state index in [1.54, 1.807) is 0 Å². The molecule has 2 rings (SSSR count). The van der Waals surface area contributed by atoms with Crippen LogP contribution in [-0.2, 0) is 4.74 Å². The molecule has 0 unspecified atom stereocenters. The number of hydrogen-bond donors (Lipinski definition) is 2. The molecule has 2 N–H and O–H groups in total. The Morgan fingerprint density at radius 3 is 2.84 bits per heavy atom. The fourth-order valence-electron chi connectivity index (χ4n) is 1.88. The summed E-state index contributed by atoms with van der Waals surface area (Å²) in [6, 6.07) is 0.0575. The van der Waals surface area contributed by atoms with Crippen molar-refractivity contribution in [2.45, 2.75) is 19.9 Å². The minimum atomic E-state index is -0.240. The number of urea groups is 1. The van der Waals surface area contributed by atoms with Gasteiger partial charge < -0.3 is 10.1 Å². The van der Waals surface area contributed by atoms with Crippen molar-refractivity contribution in [3.05, 3.63) is 5.01 Å². The first kappa shape index (κ1) is 14.2. The number of ether oxygens (including phenoxy) is 1. The van der Waals surface area contributed by atoms with E-state index in [0.717, 1.165) is 31.3 Å². The zero-order valence-corrected chi connectivity index (χ0v) is 12.0. The van der Waals surface area contributed by atoms with Gasteiger partial charge in [0.05, 0.1) is 13.2 Å². The smallest absolute Gasteiger partial charge is 0.321 e. The van der Waals surface area contributed by atoms with Crippen LogP contribution in [0.15, 0.2) is 0 Å². The van der Waals surface area contributed by atoms with Crippen LogP contribution in [0.5, 0.6) is 0 Å². The van der Waals surface area contributed by atoms with Crippen molar-refractivity contribution < 1.29 is 9.53 Å². The van der Waals surface area contributed by atoms with Gasteiger partial charge in [-0.2, -0.15) is 0 Å². The molecule has 0 aromatic carbocycles. The Kier molecular flexibility index (Phi) is 5.06. The molecule has 19 heavy (non-hydrogen) atoms. The van der Waals surface area contributed by atoms with Gasteiger partial charge in [0.2, 0.25) is 5.13 Å². The topological polar surface area (TPSA) is 79.4 Å². The molecule has 2 amide bonds. The van der Waals surface area contributed by atoms with E-state index in [2.05, 4.69) is 32.7 Å². The minimum Gasteiger partial charge on any atom is -0.379 e. The summed E-state index contributed by atoms with van der Waals surface area (Å²) in [5.74, 6) is 0. The maximum Gasteiger partial charge on any atom is 0.321 e. The van der Waals surface area contributed by atoms with Crippen LogP contribution in [0, 0.1) is 6.92 Å². The molecule has 0 spiro atoms. The quantitative estimate of drug-likeness (QED) is 0.851. The van der Waals surface area contributed by atoms with Crippen molar-refractivity contribution in [1.29, 1.82) is 0 Å². The van der Waals surface area contributed by atoms with Gasteiger partial charge >= 0.3 is 6.03 Å². The van der Waals surface area contributed by atoms with Crippen LogP contribution in [0.3, 0.4) is 0 Å². The van der Waals surface area contributed by atoms with Gasteiger partial charge in [-0.3, -0.25) is 10.2 Å². The third-order valence-corrected chi connectivity index (χ3v) is 3.73. The third kappa shape index (κ3) is 4.41. The molecular weight excluding hydrogens is 266 g/mol. The Bertz CT molecular complexity index is 419. The number of aromatic nitrogens is 2. The number of nitrogens with one attached hydrogen (secondary N) is 2. The molecule has 1 atom stereocenters. The van der Waals surface area contributed by atoms with E-state index in [1.165, 1.54) is 11.3 Å². The molecule has 1 aromatic heterocycles. The summed E-state index contributed by atoms with van der Waals surface area (Å²) in [5, 5.41) is 14.6. The minimum absolute atomic E-state index is 0.240. The van der Waals surface area contributed by atoms with Crippen molar-refractivity contribution in [3.8, 4) is 0 Å². The average molecular weight is 285 g/mol. The number of nitrogens with zero attached hydrogens (tertiary/aromatic N) is 3. The van der Waals surface area contributed by atoms with Crippen LogP contribution >= 0.6 is 11.3 Å². The van der Waals surface area contributed by atoms with E-state index in [9.17, 15) is 4.79 Å². The van der Waals surface area contributed by atoms with Crippen molar-refractivity contribution in [3.63, 3.8) is 0 Å². The van der Waals surface area contributed by atoms with Gasteiger partial charge in [-0.1, -0.05) is 11.3 Å². The summed E-state index contributed by atoms with van der Waals surface area (Å²) < 4.78 is 5.30. The van der Waals surface area contributed by atoms with Gasteiger partial charge in [0, 0.05) is 25.7 Å². The van der Waals surface area contributed by atoms with E-state index in [1.807, 2.05) is 6.92 Å². The SMILES string of the molecule is Cc1nnc(NC(=O)NC[C@H](C)N2CCOCC2)s1. The van der Waals surface area contributed by atoms with Crippen molar-refractivity contribution >= 4 is 22.5 Å². The second kappa shape index (κ2) is 6.78. The van der Waals surface area contributed by atoms with Crippen LogP contribution in [0.4, 0.5) is 9.93 Å². The standard InChI is InChI=1S/C11H19N5O2S/c1-8(16-3-5-18-6-4-16)7-12-10(17)13-11-15-14-9(2)19-11/h8H,3-7H2,1-2H3,(H2,12,13,15,17)/t8-/m0/s1. The lowest BCUT2D eigenvalue weighted by atomic mass is 10.2. The first-order valence-corrected chi connectivity index (χ1v) is 7.13. The lowest BCUT2D eigenvalue weighted by Crippen LogP contribution is -2.47. The number of rotatable bonds is 4. The Hall–Kier alpha value is -1.25. The number of hydrogen-bond acceptors (Lipinski definition) is 6. The van der Waals surface area contributed by atoms with Crippen LogP contribution in [0.25, 0.3) is 0 Å². The van der Waals surface area contributed by atoms with E-state index < -0.39 is 0 Å². The highest BCUT2D eigenvalue weighted by molar-refractivity contribution is 7.15. The molecule has 1 aromatic rings. The van der Waals surface area contributed by atoms with E-state index in [0.29, 0.717) is 17.7 Å². The molecule has 1 saturated heterocycles. The molecule has 0 aliphatic carbocycles. The zero-order chi connectivity index (χ0) is 13.7. The van der Waals surface area contributed by atoms with Crippen LogP contribution in [-0.4, -0.2) is 60.0 Å². The van der Waals surface area contributed by atoms with E-state index in [-0.39, 0.29) is 6.03 Å². The summed E-state index contributed by atoms with van der Waals surface area (Å²) in [6.07, 6.45) is 0. The highest BCUT2D eigenvalue weighted by Gasteiger charge is 2.17. The number of carbonyl (C=O) groups is 1. The molecule has 2 heterocycles. The first-order chi connectivity index (χ1) is 9.15. The number of anilines is 1. The van der Waals surface area contributed by atoms with Crippen molar-refractivity contribution in [2.24, 2.45) is 0 Å². The number of aryl methyl sites for hydroxylation is 1. The molecule has 1 aliphatic rings. The fraction of sp³-hybridized carbons (Fsp3) is 0.727. The van der Waals surface area contributed by atoms with Crippen LogP contribution in [0.2, 0.25) is 0 Å². The van der Waals surface area contributed by atoms with Gasteiger partial charge in [0.25, 0.3) is 0 Å². The lowest BCUT2D eigenvalue weighted by Gasteiger charge is -2.32. The molecule has 0 radical (unpaired) electrons. The van der Waals surface area contributed by atoms with E-state index in [4.69, 9.17) is 4.74 Å². The van der Waals surface area contributed by atoms with Gasteiger partial charge in [-0.25, -0.2) is 4.79 Å². The van der Waals surface area contributed by atoms with Gasteiger partial charge in [-0.15, -0.1) is 10.2 Å². The Morgan fingerprint density at radius 1 is 1.47 bits per heavy atom. The van der Waals surface area contributed by atoms with Gasteiger partial charge in [0.1, 0.15) is 5.01 Å². The predicted molar refractivity (Wildman–Crippen MR) is 73.5 cm³/mol. The number of carbonyl (C=O) groups excluding carboxylic acids is 1. The number of morpholine rings is 1. The van der Waals surface area contributed by atoms with Gasteiger partial charge in [0.15, 0.2) is 0 Å². The predicted octanol–water partition coefficient (Wildman–Crippen LogP) is 0.689. The summed E-state index contributed by atoms with van der Waals surface area (Å²) in [7, 11) is 0. The summed E-state index contributed by atoms with van der Waals surface area (Å²) >= 11 is 1.36. The Morgan fingerprint density at radius 2 is 2.21 bits per heavy atom. The maximum absolute atomic E-state index is 11.7. The maximum atomic E-state index is 11.7. The van der Waals surface area contributed by atoms with E-state index >= 15 is 0 Å². The third-order valence-electron chi connectivity index (χ3n) is 2.97. The monoisotopic (exact) mass is 285 g/mol. The summed E-state index contributed by atoms with van der Waals surface area (Å²) in [4.78, 5) is 14.0. The van der Waals surface area contributed by atoms with Crippen LogP contribution < -0.4 is 10.6 Å². The second-order valence-electron chi connectivity index (χ2n) is 4.46. The fourth-order valence-corrected chi connectivity index (χ4v) is 2.46. The molecule has 1 fully saturated rings. The summed E-state index contributed by atoms with van der Waals surface area (Å²) in [5.41, 5.74) is 0.